The van der Waals surface area contributed by atoms with Crippen molar-refractivity contribution in [3.8, 4) is 0 Å². The summed E-state index contributed by atoms with van der Waals surface area (Å²) in [6.07, 6.45) is 1.61. The van der Waals surface area contributed by atoms with Gasteiger partial charge in [-0.05, 0) is 34.5 Å². The molecule has 1 aliphatic heterocycles. The van der Waals surface area contributed by atoms with Gasteiger partial charge in [0.1, 0.15) is 12.7 Å². The minimum Gasteiger partial charge on any atom is -0.629 e. The van der Waals surface area contributed by atoms with Crippen molar-refractivity contribution in [1.29, 1.82) is 0 Å². The maximum atomic E-state index is 11.3. The van der Waals surface area contributed by atoms with Gasteiger partial charge in [-0.15, -0.1) is 0 Å². The Kier molecular flexibility index (Phi) is 2.66. The molecule has 0 bridgehead atoms. The van der Waals surface area contributed by atoms with E-state index in [2.05, 4.69) is 15.9 Å². The van der Waals surface area contributed by atoms with Crippen LogP contribution in [-0.2, 0) is 6.54 Å². The summed E-state index contributed by atoms with van der Waals surface area (Å²) in [7, 11) is 0. The number of hydroxylamine groups is 2. The van der Waals surface area contributed by atoms with Gasteiger partial charge in [0, 0.05) is 11.1 Å². The van der Waals surface area contributed by atoms with E-state index in [1.54, 1.807) is 6.20 Å². The van der Waals surface area contributed by atoms with Crippen molar-refractivity contribution in [3.05, 3.63) is 45.3 Å². The maximum Gasteiger partial charge on any atom is 0.109 e. The summed E-state index contributed by atoms with van der Waals surface area (Å²) < 4.78 is 0.828. The average molecular weight is 275 g/mol. The highest BCUT2D eigenvalue weighted by molar-refractivity contribution is 9.15. The van der Waals surface area contributed by atoms with Crippen molar-refractivity contribution < 1.29 is 5.06 Å². The molecule has 4 heteroatoms. The minimum atomic E-state index is 0.0927. The van der Waals surface area contributed by atoms with Crippen LogP contribution in [0.4, 0.5) is 0 Å². The lowest BCUT2D eigenvalue weighted by atomic mass is 10.0. The SMILES string of the molecule is Cc1cc(Cl)c2c(c1)C(Br)=C[NH+]([O-])C2. The molecule has 1 heterocycles. The van der Waals surface area contributed by atoms with Gasteiger partial charge in [-0.25, -0.2) is 0 Å². The molecule has 74 valence electrons. The highest BCUT2D eigenvalue weighted by atomic mass is 79.9. The van der Waals surface area contributed by atoms with Gasteiger partial charge in [0.15, 0.2) is 0 Å². The van der Waals surface area contributed by atoms with E-state index in [0.29, 0.717) is 11.6 Å². The molecule has 0 fully saturated rings. The normalized spacial score (nSPS) is 20.3. The summed E-state index contributed by atoms with van der Waals surface area (Å²) in [6, 6.07) is 3.92. The maximum absolute atomic E-state index is 11.3. The molecular weight excluding hydrogens is 265 g/mol. The van der Waals surface area contributed by atoms with E-state index >= 15 is 0 Å². The van der Waals surface area contributed by atoms with Gasteiger partial charge in [-0.3, -0.25) is 0 Å². The van der Waals surface area contributed by atoms with Gasteiger partial charge in [-0.2, -0.15) is 0 Å². The fourth-order valence-corrected chi connectivity index (χ4v) is 2.56. The second-order valence-electron chi connectivity index (χ2n) is 3.41. The molecule has 0 spiro atoms. The first-order valence-electron chi connectivity index (χ1n) is 4.27. The molecule has 0 aliphatic carbocycles. The second kappa shape index (κ2) is 3.66. The minimum absolute atomic E-state index is 0.0927. The van der Waals surface area contributed by atoms with Crippen molar-refractivity contribution in [3.63, 3.8) is 0 Å². The van der Waals surface area contributed by atoms with Crippen LogP contribution >= 0.6 is 27.5 Å². The summed E-state index contributed by atoms with van der Waals surface area (Å²) in [4.78, 5) is 0. The number of benzene rings is 1. The largest absolute Gasteiger partial charge is 0.629 e. The smallest absolute Gasteiger partial charge is 0.109 e. The van der Waals surface area contributed by atoms with E-state index in [1.165, 1.54) is 0 Å². The van der Waals surface area contributed by atoms with Gasteiger partial charge >= 0.3 is 0 Å². The molecule has 0 amide bonds. The third kappa shape index (κ3) is 1.73. The zero-order chi connectivity index (χ0) is 10.3. The number of quaternary nitrogens is 1. The molecule has 2 nitrogen and oxygen atoms in total. The predicted molar refractivity (Wildman–Crippen MR) is 61.1 cm³/mol. The molecule has 0 saturated carbocycles. The Balaban J connectivity index is 2.63. The molecule has 0 saturated heterocycles. The van der Waals surface area contributed by atoms with E-state index in [4.69, 9.17) is 11.6 Å². The number of aryl methyl sites for hydroxylation is 1. The van der Waals surface area contributed by atoms with E-state index in [-0.39, 0.29) is 5.06 Å². The number of fused-ring (bicyclic) bond motifs is 1. The third-order valence-corrected chi connectivity index (χ3v) is 3.23. The summed E-state index contributed by atoms with van der Waals surface area (Å²) in [5.41, 5.74) is 3.07. The number of nitrogens with one attached hydrogen (secondary N) is 1. The first-order chi connectivity index (χ1) is 6.58. The van der Waals surface area contributed by atoms with Gasteiger partial charge in [-0.1, -0.05) is 17.7 Å². The molecular formula is C10H9BrClNO. The van der Waals surface area contributed by atoms with Crippen LogP contribution < -0.4 is 5.06 Å². The first kappa shape index (κ1) is 10.2. The molecule has 1 N–H and O–H groups in total. The van der Waals surface area contributed by atoms with Crippen LogP contribution in [0.1, 0.15) is 16.7 Å². The average Bonchev–Trinajstić information content (AvgIpc) is 2.07. The van der Waals surface area contributed by atoms with Crippen LogP contribution in [0.25, 0.3) is 4.48 Å². The zero-order valence-corrected chi connectivity index (χ0v) is 9.95. The summed E-state index contributed by atoms with van der Waals surface area (Å²) in [5, 5.41) is 12.1. The van der Waals surface area contributed by atoms with Crippen LogP contribution in [0.5, 0.6) is 0 Å². The van der Waals surface area contributed by atoms with Crippen LogP contribution in [-0.4, -0.2) is 0 Å². The lowest BCUT2D eigenvalue weighted by Crippen LogP contribution is -3.01. The van der Waals surface area contributed by atoms with E-state index < -0.39 is 0 Å². The Morgan fingerprint density at radius 3 is 2.93 bits per heavy atom. The lowest BCUT2D eigenvalue weighted by molar-refractivity contribution is -0.806. The molecule has 1 aliphatic rings. The van der Waals surface area contributed by atoms with Crippen LogP contribution in [0.15, 0.2) is 18.3 Å². The van der Waals surface area contributed by atoms with E-state index in [0.717, 1.165) is 21.2 Å². The number of hydrogen-bond donors (Lipinski definition) is 1. The molecule has 14 heavy (non-hydrogen) atoms. The highest BCUT2D eigenvalue weighted by Crippen LogP contribution is 2.31. The summed E-state index contributed by atoms with van der Waals surface area (Å²) in [6.45, 7) is 2.40. The molecule has 1 aromatic rings. The molecule has 0 aromatic heterocycles. The molecule has 1 unspecified atom stereocenters. The predicted octanol–water partition coefficient (Wildman–Crippen LogP) is 2.24. The number of halogens is 2. The molecule has 1 atom stereocenters. The number of rotatable bonds is 0. The van der Waals surface area contributed by atoms with Crippen molar-refractivity contribution in [2.24, 2.45) is 0 Å². The Morgan fingerprint density at radius 2 is 2.21 bits per heavy atom. The Labute approximate surface area is 95.9 Å². The highest BCUT2D eigenvalue weighted by Gasteiger charge is 2.18. The fraction of sp³-hybridized carbons (Fsp3) is 0.200. The monoisotopic (exact) mass is 273 g/mol. The molecule has 1 aromatic carbocycles. The Hall–Kier alpha value is -0.350. The first-order valence-corrected chi connectivity index (χ1v) is 5.44. The molecule has 0 radical (unpaired) electrons. The van der Waals surface area contributed by atoms with Crippen molar-refractivity contribution in [1.82, 2.24) is 0 Å². The summed E-state index contributed by atoms with van der Waals surface area (Å²) in [5.74, 6) is 0. The Morgan fingerprint density at radius 1 is 1.50 bits per heavy atom. The quantitative estimate of drug-likeness (QED) is 0.722. The van der Waals surface area contributed by atoms with Gasteiger partial charge in [0.25, 0.3) is 0 Å². The van der Waals surface area contributed by atoms with Crippen molar-refractivity contribution >= 4 is 32.0 Å². The Bertz CT molecular complexity index is 417. The third-order valence-electron chi connectivity index (χ3n) is 2.24. The van der Waals surface area contributed by atoms with Crippen LogP contribution in [0.3, 0.4) is 0 Å². The zero-order valence-electron chi connectivity index (χ0n) is 7.60. The number of hydrogen-bond acceptors (Lipinski definition) is 1. The lowest BCUT2D eigenvalue weighted by Gasteiger charge is -2.25. The topological polar surface area (TPSA) is 27.5 Å². The van der Waals surface area contributed by atoms with Crippen LogP contribution in [0.2, 0.25) is 5.02 Å². The van der Waals surface area contributed by atoms with Gasteiger partial charge in [0.2, 0.25) is 0 Å². The summed E-state index contributed by atoms with van der Waals surface area (Å²) >= 11 is 9.46. The molecule has 2 rings (SSSR count). The van der Waals surface area contributed by atoms with Gasteiger partial charge < -0.3 is 10.3 Å². The fourth-order valence-electron chi connectivity index (χ4n) is 1.61. The van der Waals surface area contributed by atoms with Crippen molar-refractivity contribution in [2.45, 2.75) is 13.5 Å². The van der Waals surface area contributed by atoms with E-state index in [9.17, 15) is 5.21 Å². The van der Waals surface area contributed by atoms with Gasteiger partial charge in [0.05, 0.1) is 9.51 Å². The standard InChI is InChI=1S/C10H9BrClNO/c1-6-2-7-8(10(12)3-6)4-13(14)5-9(7)11/h2-3,5,13H,4H2,1H3. The van der Waals surface area contributed by atoms with Crippen LogP contribution in [0, 0.1) is 12.1 Å². The second-order valence-corrected chi connectivity index (χ2v) is 4.67. The van der Waals surface area contributed by atoms with E-state index in [1.807, 2.05) is 19.1 Å². The van der Waals surface area contributed by atoms with Crippen molar-refractivity contribution in [2.75, 3.05) is 0 Å².